The summed E-state index contributed by atoms with van der Waals surface area (Å²) in [4.78, 5) is 23.8. The Morgan fingerprint density at radius 1 is 1.04 bits per heavy atom. The summed E-state index contributed by atoms with van der Waals surface area (Å²) in [5, 5.41) is 6.35. The molecule has 0 aliphatic rings. The van der Waals surface area contributed by atoms with E-state index in [9.17, 15) is 9.59 Å². The highest BCUT2D eigenvalue weighted by atomic mass is 35.5. The molecule has 0 heterocycles. The Kier molecular flexibility index (Phi) is 7.82. The number of benzene rings is 2. The second-order valence-corrected chi connectivity index (χ2v) is 6.88. The predicted octanol–water partition coefficient (Wildman–Crippen LogP) is 3.64. The van der Waals surface area contributed by atoms with E-state index in [2.05, 4.69) is 10.6 Å². The third-order valence-corrected chi connectivity index (χ3v) is 4.69. The zero-order chi connectivity index (χ0) is 18.1. The van der Waals surface area contributed by atoms with Crippen molar-refractivity contribution in [2.45, 2.75) is 19.2 Å². The first-order valence-electron chi connectivity index (χ1n) is 8.04. The Hall–Kier alpha value is -1.98. The Labute approximate surface area is 157 Å². The molecule has 2 aromatic rings. The topological polar surface area (TPSA) is 58.2 Å². The Bertz CT molecular complexity index is 720. The summed E-state index contributed by atoms with van der Waals surface area (Å²) in [6.07, 6.45) is 0. The quantitative estimate of drug-likeness (QED) is 0.739. The van der Waals surface area contributed by atoms with Gasteiger partial charge in [-0.2, -0.15) is 0 Å². The molecule has 0 atom stereocenters. The molecule has 0 aromatic heterocycles. The van der Waals surface area contributed by atoms with Crippen LogP contribution < -0.4 is 10.6 Å². The number of rotatable bonds is 8. The summed E-state index contributed by atoms with van der Waals surface area (Å²) in [6.45, 7) is 2.88. The van der Waals surface area contributed by atoms with E-state index in [4.69, 9.17) is 11.6 Å². The molecule has 2 rings (SSSR count). The van der Waals surface area contributed by atoms with Crippen LogP contribution in [0.3, 0.4) is 0 Å². The van der Waals surface area contributed by atoms with Crippen LogP contribution in [0.15, 0.2) is 48.5 Å². The van der Waals surface area contributed by atoms with E-state index < -0.39 is 0 Å². The Balaban J connectivity index is 1.75. The number of nitrogens with one attached hydrogen (secondary N) is 2. The molecule has 0 radical (unpaired) electrons. The van der Waals surface area contributed by atoms with Crippen molar-refractivity contribution in [3.63, 3.8) is 0 Å². The number of carbonyl (C=O) groups is 2. The molecule has 0 saturated carbocycles. The molecule has 0 bridgehead atoms. The summed E-state index contributed by atoms with van der Waals surface area (Å²) in [6, 6.07) is 14.9. The highest BCUT2D eigenvalue weighted by molar-refractivity contribution is 7.99. The molecule has 0 saturated heterocycles. The minimum absolute atomic E-state index is 0.0256. The van der Waals surface area contributed by atoms with Gasteiger partial charge >= 0.3 is 0 Å². The molecule has 2 aromatic carbocycles. The molecule has 0 spiro atoms. The molecular formula is C19H21ClN2O2S. The van der Waals surface area contributed by atoms with Gasteiger partial charge in [0.25, 0.3) is 5.91 Å². The molecule has 0 fully saturated rings. The maximum Gasteiger partial charge on any atom is 0.251 e. The largest absolute Gasteiger partial charge is 0.352 e. The molecule has 0 aliphatic carbocycles. The maximum absolute atomic E-state index is 11.9. The molecular weight excluding hydrogens is 356 g/mol. The van der Waals surface area contributed by atoms with Crippen LogP contribution >= 0.6 is 23.4 Å². The second-order valence-electron chi connectivity index (χ2n) is 5.46. The van der Waals surface area contributed by atoms with Crippen LogP contribution in [0.4, 0.5) is 0 Å². The van der Waals surface area contributed by atoms with E-state index >= 15 is 0 Å². The standard InChI is InChI=1S/C19H21ClN2O2S/c1-2-21-19(24)16-5-3-4-15(10-16)11-22-18(23)13-25-12-14-6-8-17(20)9-7-14/h3-10H,2,11-13H2,1H3,(H,21,24)(H,22,23). The average Bonchev–Trinajstić information content (AvgIpc) is 2.62. The van der Waals surface area contributed by atoms with Gasteiger partial charge in [0, 0.05) is 29.4 Å². The van der Waals surface area contributed by atoms with Gasteiger partial charge in [-0.25, -0.2) is 0 Å². The number of hydrogen-bond acceptors (Lipinski definition) is 3. The van der Waals surface area contributed by atoms with Crippen molar-refractivity contribution < 1.29 is 9.59 Å². The highest BCUT2D eigenvalue weighted by Gasteiger charge is 2.06. The summed E-state index contributed by atoms with van der Waals surface area (Å²) in [5.74, 6) is 1.02. The van der Waals surface area contributed by atoms with Gasteiger partial charge in [-0.1, -0.05) is 35.9 Å². The summed E-state index contributed by atoms with van der Waals surface area (Å²) >= 11 is 7.40. The molecule has 0 aliphatic heterocycles. The van der Waals surface area contributed by atoms with Crippen LogP contribution in [0.1, 0.15) is 28.4 Å². The number of hydrogen-bond donors (Lipinski definition) is 2. The first-order valence-corrected chi connectivity index (χ1v) is 9.57. The van der Waals surface area contributed by atoms with Crippen molar-refractivity contribution in [2.75, 3.05) is 12.3 Å². The lowest BCUT2D eigenvalue weighted by atomic mass is 10.1. The van der Waals surface area contributed by atoms with Crippen molar-refractivity contribution in [3.05, 3.63) is 70.2 Å². The Morgan fingerprint density at radius 3 is 2.52 bits per heavy atom. The van der Waals surface area contributed by atoms with E-state index in [0.717, 1.165) is 16.9 Å². The second kappa shape index (κ2) is 10.1. The average molecular weight is 377 g/mol. The number of amides is 2. The zero-order valence-electron chi connectivity index (χ0n) is 14.0. The molecule has 0 unspecified atom stereocenters. The van der Waals surface area contributed by atoms with E-state index in [1.54, 1.807) is 23.9 Å². The zero-order valence-corrected chi connectivity index (χ0v) is 15.6. The van der Waals surface area contributed by atoms with Crippen LogP contribution in [0.2, 0.25) is 5.02 Å². The van der Waals surface area contributed by atoms with E-state index in [0.29, 0.717) is 29.4 Å². The molecule has 2 amide bonds. The maximum atomic E-state index is 11.9. The van der Waals surface area contributed by atoms with E-state index in [1.165, 1.54) is 0 Å². The van der Waals surface area contributed by atoms with Gasteiger partial charge < -0.3 is 10.6 Å². The minimum atomic E-state index is -0.103. The summed E-state index contributed by atoms with van der Waals surface area (Å²) in [7, 11) is 0. The van der Waals surface area contributed by atoms with Crippen LogP contribution in [0.25, 0.3) is 0 Å². The lowest BCUT2D eigenvalue weighted by Gasteiger charge is -2.08. The SMILES string of the molecule is CCNC(=O)c1cccc(CNC(=O)CSCc2ccc(Cl)cc2)c1. The van der Waals surface area contributed by atoms with Crippen molar-refractivity contribution in [1.29, 1.82) is 0 Å². The van der Waals surface area contributed by atoms with Crippen LogP contribution in [0, 0.1) is 0 Å². The fourth-order valence-electron chi connectivity index (χ4n) is 2.18. The van der Waals surface area contributed by atoms with Gasteiger partial charge in [-0.15, -0.1) is 11.8 Å². The van der Waals surface area contributed by atoms with Crippen LogP contribution in [-0.4, -0.2) is 24.1 Å². The predicted molar refractivity (Wildman–Crippen MR) is 104 cm³/mol. The normalized spacial score (nSPS) is 10.3. The third kappa shape index (κ3) is 6.80. The minimum Gasteiger partial charge on any atom is -0.352 e. The van der Waals surface area contributed by atoms with Crippen molar-refractivity contribution >= 4 is 35.2 Å². The van der Waals surface area contributed by atoms with Crippen molar-refractivity contribution in [1.82, 2.24) is 10.6 Å². The molecule has 2 N–H and O–H groups in total. The number of halogens is 1. The van der Waals surface area contributed by atoms with E-state index in [1.807, 2.05) is 43.3 Å². The van der Waals surface area contributed by atoms with Gasteiger partial charge in [0.2, 0.25) is 5.91 Å². The first-order chi connectivity index (χ1) is 12.1. The molecule has 25 heavy (non-hydrogen) atoms. The van der Waals surface area contributed by atoms with Gasteiger partial charge in [0.1, 0.15) is 0 Å². The fraction of sp³-hybridized carbons (Fsp3) is 0.263. The summed E-state index contributed by atoms with van der Waals surface area (Å²) < 4.78 is 0. The van der Waals surface area contributed by atoms with E-state index in [-0.39, 0.29) is 11.8 Å². The smallest absolute Gasteiger partial charge is 0.251 e. The van der Waals surface area contributed by atoms with Gasteiger partial charge in [-0.3, -0.25) is 9.59 Å². The monoisotopic (exact) mass is 376 g/mol. The van der Waals surface area contributed by atoms with Gasteiger partial charge in [0.15, 0.2) is 0 Å². The highest BCUT2D eigenvalue weighted by Crippen LogP contribution is 2.15. The third-order valence-electron chi connectivity index (χ3n) is 3.43. The fourth-order valence-corrected chi connectivity index (χ4v) is 3.12. The van der Waals surface area contributed by atoms with Crippen LogP contribution in [0.5, 0.6) is 0 Å². The molecule has 6 heteroatoms. The molecule has 4 nitrogen and oxygen atoms in total. The Morgan fingerprint density at radius 2 is 1.80 bits per heavy atom. The lowest BCUT2D eigenvalue weighted by Crippen LogP contribution is -2.25. The van der Waals surface area contributed by atoms with Crippen molar-refractivity contribution in [2.24, 2.45) is 0 Å². The van der Waals surface area contributed by atoms with Gasteiger partial charge in [-0.05, 0) is 42.3 Å². The number of carbonyl (C=O) groups excluding carboxylic acids is 2. The van der Waals surface area contributed by atoms with Gasteiger partial charge in [0.05, 0.1) is 5.75 Å². The lowest BCUT2D eigenvalue weighted by molar-refractivity contribution is -0.118. The first kappa shape index (κ1) is 19.3. The van der Waals surface area contributed by atoms with Crippen LogP contribution in [-0.2, 0) is 17.1 Å². The number of thioether (sulfide) groups is 1. The van der Waals surface area contributed by atoms with Crippen molar-refractivity contribution in [3.8, 4) is 0 Å². The summed E-state index contributed by atoms with van der Waals surface area (Å²) in [5.41, 5.74) is 2.64. The molecule has 132 valence electrons.